The first kappa shape index (κ1) is 11.7. The van der Waals surface area contributed by atoms with Crippen LogP contribution in [0.1, 0.15) is 46.5 Å². The molecule has 0 aromatic rings. The van der Waals surface area contributed by atoms with Gasteiger partial charge in [0, 0.05) is 5.92 Å². The van der Waals surface area contributed by atoms with Gasteiger partial charge < -0.3 is 9.84 Å². The molecule has 96 valence electrons. The van der Waals surface area contributed by atoms with E-state index >= 15 is 0 Å². The molecule has 3 aliphatic rings. The standard InChI is InChI=1S/C15H24O2/c1-9(2)15-8-5-10(3)11-6-7-14(4,16)12(11)13(15)17-15/h9,11-13,16H,3,5-8H2,1-2,4H3/t11-,12+,13+,14+,15+/m1/s1. The van der Waals surface area contributed by atoms with Gasteiger partial charge in [-0.3, -0.25) is 0 Å². The molecule has 0 bridgehead atoms. The highest BCUT2D eigenvalue weighted by molar-refractivity contribution is 5.23. The molecule has 2 heteroatoms. The number of aliphatic hydroxyl groups is 1. The molecule has 3 rings (SSSR count). The number of ether oxygens (including phenoxy) is 1. The quantitative estimate of drug-likeness (QED) is 0.561. The molecule has 0 unspecified atom stereocenters. The fourth-order valence-electron chi connectivity index (χ4n) is 4.30. The Morgan fingerprint density at radius 1 is 1.41 bits per heavy atom. The van der Waals surface area contributed by atoms with E-state index in [1.54, 1.807) is 0 Å². The van der Waals surface area contributed by atoms with Crippen molar-refractivity contribution in [2.24, 2.45) is 17.8 Å². The van der Waals surface area contributed by atoms with Crippen molar-refractivity contribution in [2.45, 2.75) is 63.8 Å². The molecule has 5 atom stereocenters. The molecule has 0 spiro atoms. The molecule has 0 aromatic heterocycles. The molecule has 1 heterocycles. The van der Waals surface area contributed by atoms with Crippen molar-refractivity contribution in [1.29, 1.82) is 0 Å². The minimum Gasteiger partial charge on any atom is -0.390 e. The van der Waals surface area contributed by atoms with Crippen LogP contribution in [-0.4, -0.2) is 22.4 Å². The Balaban J connectivity index is 1.96. The SMILES string of the molecule is C=C1CC[C@@]2(C(C)C)O[C@H]2[C@@H]2[C@@H]1CC[C@]2(C)O. The number of rotatable bonds is 1. The van der Waals surface area contributed by atoms with E-state index in [1.165, 1.54) is 5.57 Å². The van der Waals surface area contributed by atoms with E-state index in [0.717, 1.165) is 25.7 Å². The van der Waals surface area contributed by atoms with Crippen LogP contribution in [-0.2, 0) is 4.74 Å². The van der Waals surface area contributed by atoms with Gasteiger partial charge in [0.15, 0.2) is 0 Å². The van der Waals surface area contributed by atoms with Crippen LogP contribution in [0.4, 0.5) is 0 Å². The molecule has 1 aliphatic heterocycles. The maximum absolute atomic E-state index is 10.6. The van der Waals surface area contributed by atoms with Crippen molar-refractivity contribution < 1.29 is 9.84 Å². The van der Waals surface area contributed by atoms with Gasteiger partial charge in [0.2, 0.25) is 0 Å². The predicted molar refractivity (Wildman–Crippen MR) is 67.7 cm³/mol. The van der Waals surface area contributed by atoms with Crippen LogP contribution in [0, 0.1) is 17.8 Å². The van der Waals surface area contributed by atoms with Gasteiger partial charge in [-0.2, -0.15) is 0 Å². The summed E-state index contributed by atoms with van der Waals surface area (Å²) >= 11 is 0. The van der Waals surface area contributed by atoms with Crippen molar-refractivity contribution in [3.63, 3.8) is 0 Å². The Morgan fingerprint density at radius 3 is 2.76 bits per heavy atom. The van der Waals surface area contributed by atoms with E-state index in [2.05, 4.69) is 20.4 Å². The summed E-state index contributed by atoms with van der Waals surface area (Å²) in [6, 6.07) is 0. The van der Waals surface area contributed by atoms with E-state index in [0.29, 0.717) is 11.8 Å². The molecule has 17 heavy (non-hydrogen) atoms. The number of epoxide rings is 1. The average molecular weight is 236 g/mol. The monoisotopic (exact) mass is 236 g/mol. The molecular formula is C15H24O2. The van der Waals surface area contributed by atoms with Crippen LogP contribution in [0.25, 0.3) is 0 Å². The van der Waals surface area contributed by atoms with E-state index in [4.69, 9.17) is 4.74 Å². The highest BCUT2D eigenvalue weighted by Gasteiger charge is 2.68. The zero-order valence-corrected chi connectivity index (χ0v) is 11.2. The van der Waals surface area contributed by atoms with Gasteiger partial charge in [-0.15, -0.1) is 0 Å². The Labute approximate surface area is 104 Å². The molecule has 0 radical (unpaired) electrons. The summed E-state index contributed by atoms with van der Waals surface area (Å²) in [6.45, 7) is 10.7. The fourth-order valence-corrected chi connectivity index (χ4v) is 4.30. The van der Waals surface area contributed by atoms with Crippen molar-refractivity contribution >= 4 is 0 Å². The topological polar surface area (TPSA) is 32.8 Å². The van der Waals surface area contributed by atoms with Gasteiger partial charge in [0.05, 0.1) is 17.3 Å². The second-order valence-corrected chi connectivity index (χ2v) is 6.83. The fraction of sp³-hybridized carbons (Fsp3) is 0.867. The third-order valence-corrected chi connectivity index (χ3v) is 5.55. The summed E-state index contributed by atoms with van der Waals surface area (Å²) < 4.78 is 6.10. The largest absolute Gasteiger partial charge is 0.390 e. The summed E-state index contributed by atoms with van der Waals surface area (Å²) in [4.78, 5) is 0. The summed E-state index contributed by atoms with van der Waals surface area (Å²) in [7, 11) is 0. The summed E-state index contributed by atoms with van der Waals surface area (Å²) in [5.41, 5.74) is 0.833. The van der Waals surface area contributed by atoms with Crippen LogP contribution in [0.15, 0.2) is 12.2 Å². The number of hydrogen-bond donors (Lipinski definition) is 1. The maximum atomic E-state index is 10.6. The third-order valence-electron chi connectivity index (χ3n) is 5.55. The molecule has 2 saturated carbocycles. The lowest BCUT2D eigenvalue weighted by Gasteiger charge is -2.28. The van der Waals surface area contributed by atoms with Gasteiger partial charge in [-0.25, -0.2) is 0 Å². The van der Waals surface area contributed by atoms with Gasteiger partial charge in [0.25, 0.3) is 0 Å². The van der Waals surface area contributed by atoms with E-state index in [1.807, 2.05) is 6.92 Å². The van der Waals surface area contributed by atoms with Crippen LogP contribution < -0.4 is 0 Å². The van der Waals surface area contributed by atoms with Gasteiger partial charge in [-0.05, 0) is 44.4 Å². The van der Waals surface area contributed by atoms with Crippen molar-refractivity contribution in [1.82, 2.24) is 0 Å². The lowest BCUT2D eigenvalue weighted by molar-refractivity contribution is 0.00193. The Hall–Kier alpha value is -0.340. The third kappa shape index (κ3) is 1.47. The average Bonchev–Trinajstić information content (AvgIpc) is 2.88. The molecule has 2 nitrogen and oxygen atoms in total. The van der Waals surface area contributed by atoms with Gasteiger partial charge in [0.1, 0.15) is 0 Å². The van der Waals surface area contributed by atoms with E-state index in [9.17, 15) is 5.11 Å². The van der Waals surface area contributed by atoms with Crippen LogP contribution >= 0.6 is 0 Å². The van der Waals surface area contributed by atoms with E-state index in [-0.39, 0.29) is 17.6 Å². The Bertz CT molecular complexity index is 358. The second-order valence-electron chi connectivity index (χ2n) is 6.83. The molecule has 1 saturated heterocycles. The second kappa shape index (κ2) is 3.36. The first-order valence-electron chi connectivity index (χ1n) is 6.96. The smallest absolute Gasteiger partial charge is 0.0978 e. The maximum Gasteiger partial charge on any atom is 0.0978 e. The molecule has 2 aliphatic carbocycles. The van der Waals surface area contributed by atoms with E-state index < -0.39 is 5.60 Å². The number of allylic oxidation sites excluding steroid dienone is 1. The van der Waals surface area contributed by atoms with Crippen LogP contribution in [0.5, 0.6) is 0 Å². The highest BCUT2D eigenvalue weighted by Crippen LogP contribution is 2.61. The predicted octanol–water partition coefficient (Wildman–Crippen LogP) is 2.91. The van der Waals surface area contributed by atoms with Crippen LogP contribution in [0.3, 0.4) is 0 Å². The minimum atomic E-state index is -0.556. The Kier molecular flexibility index (Phi) is 2.32. The molecule has 3 fully saturated rings. The number of hydrogen-bond acceptors (Lipinski definition) is 2. The van der Waals surface area contributed by atoms with Gasteiger partial charge in [-0.1, -0.05) is 26.0 Å². The molecule has 1 N–H and O–H groups in total. The molecule has 0 aromatic carbocycles. The molecule has 0 amide bonds. The number of fused-ring (bicyclic) bond motifs is 3. The highest BCUT2D eigenvalue weighted by atomic mass is 16.6. The summed E-state index contributed by atoms with van der Waals surface area (Å²) in [5.74, 6) is 1.30. The van der Waals surface area contributed by atoms with Crippen LogP contribution in [0.2, 0.25) is 0 Å². The summed E-state index contributed by atoms with van der Waals surface area (Å²) in [6.07, 6.45) is 4.42. The van der Waals surface area contributed by atoms with Crippen molar-refractivity contribution in [3.05, 3.63) is 12.2 Å². The summed E-state index contributed by atoms with van der Waals surface area (Å²) in [5, 5.41) is 10.6. The zero-order chi connectivity index (χ0) is 12.4. The van der Waals surface area contributed by atoms with Crippen molar-refractivity contribution in [3.8, 4) is 0 Å². The Morgan fingerprint density at radius 2 is 2.12 bits per heavy atom. The first-order chi connectivity index (χ1) is 7.88. The minimum absolute atomic E-state index is 0.0384. The van der Waals surface area contributed by atoms with Gasteiger partial charge >= 0.3 is 0 Å². The van der Waals surface area contributed by atoms with Crippen molar-refractivity contribution in [2.75, 3.05) is 0 Å². The lowest BCUT2D eigenvalue weighted by Crippen LogP contribution is -2.38. The first-order valence-corrected chi connectivity index (χ1v) is 6.96. The molecular weight excluding hydrogens is 212 g/mol. The normalized spacial score (nSPS) is 53.2. The lowest BCUT2D eigenvalue weighted by atomic mass is 9.77. The zero-order valence-electron chi connectivity index (χ0n) is 11.2.